The Morgan fingerprint density at radius 3 is 2.88 bits per heavy atom. The minimum Gasteiger partial charge on any atom is -0.508 e. The number of imidazole rings is 1. The SMILES string of the molecule is O=C(NCc1ncc[nH]1)c1ccc(O)cc1O. The van der Waals surface area contributed by atoms with Gasteiger partial charge in [0.1, 0.15) is 17.3 Å². The van der Waals surface area contributed by atoms with Crippen LogP contribution in [0.15, 0.2) is 30.6 Å². The normalized spacial score (nSPS) is 10.1. The van der Waals surface area contributed by atoms with Gasteiger partial charge in [0.25, 0.3) is 5.91 Å². The molecule has 4 N–H and O–H groups in total. The van der Waals surface area contributed by atoms with Crippen molar-refractivity contribution < 1.29 is 15.0 Å². The van der Waals surface area contributed by atoms with Crippen LogP contribution in [0.1, 0.15) is 16.2 Å². The van der Waals surface area contributed by atoms with Crippen LogP contribution in [0.5, 0.6) is 11.5 Å². The molecule has 0 unspecified atom stereocenters. The standard InChI is InChI=1S/C11H11N3O3/c15-7-1-2-8(9(16)5-7)11(17)14-6-10-12-3-4-13-10/h1-5,15-16H,6H2,(H,12,13)(H,14,17). The number of aromatic amines is 1. The van der Waals surface area contributed by atoms with Crippen LogP contribution in [0.25, 0.3) is 0 Å². The Balaban J connectivity index is 2.04. The molecule has 0 saturated carbocycles. The largest absolute Gasteiger partial charge is 0.508 e. The summed E-state index contributed by atoms with van der Waals surface area (Å²) in [5.74, 6) is -0.164. The molecule has 0 bridgehead atoms. The van der Waals surface area contributed by atoms with Crippen LogP contribution in [-0.4, -0.2) is 26.1 Å². The average Bonchev–Trinajstić information content (AvgIpc) is 2.78. The summed E-state index contributed by atoms with van der Waals surface area (Å²) in [4.78, 5) is 18.5. The fourth-order valence-electron chi connectivity index (χ4n) is 1.37. The fourth-order valence-corrected chi connectivity index (χ4v) is 1.37. The number of aromatic hydroxyl groups is 2. The lowest BCUT2D eigenvalue weighted by Crippen LogP contribution is -2.23. The molecule has 0 aliphatic rings. The van der Waals surface area contributed by atoms with Gasteiger partial charge < -0.3 is 20.5 Å². The van der Waals surface area contributed by atoms with Crippen molar-refractivity contribution in [3.05, 3.63) is 42.0 Å². The lowest BCUT2D eigenvalue weighted by molar-refractivity contribution is 0.0947. The van der Waals surface area contributed by atoms with E-state index in [1.54, 1.807) is 12.4 Å². The van der Waals surface area contributed by atoms with Crippen molar-refractivity contribution in [2.75, 3.05) is 0 Å². The average molecular weight is 233 g/mol. The van der Waals surface area contributed by atoms with Crippen LogP contribution < -0.4 is 5.32 Å². The van der Waals surface area contributed by atoms with Crippen molar-refractivity contribution >= 4 is 5.91 Å². The Bertz CT molecular complexity index is 523. The number of hydrogen-bond donors (Lipinski definition) is 4. The third-order valence-corrected chi connectivity index (χ3v) is 2.20. The maximum atomic E-state index is 11.7. The van der Waals surface area contributed by atoms with E-state index < -0.39 is 5.91 Å². The number of nitrogens with one attached hydrogen (secondary N) is 2. The van der Waals surface area contributed by atoms with Gasteiger partial charge in [-0.3, -0.25) is 4.79 Å². The summed E-state index contributed by atoms with van der Waals surface area (Å²) in [6.07, 6.45) is 3.24. The molecule has 0 aliphatic heterocycles. The van der Waals surface area contributed by atoms with Crippen molar-refractivity contribution in [2.24, 2.45) is 0 Å². The van der Waals surface area contributed by atoms with Gasteiger partial charge in [-0.1, -0.05) is 0 Å². The second-order valence-electron chi connectivity index (χ2n) is 3.42. The van der Waals surface area contributed by atoms with Gasteiger partial charge >= 0.3 is 0 Å². The predicted octanol–water partition coefficient (Wildman–Crippen LogP) is 0.751. The quantitative estimate of drug-likeness (QED) is 0.628. The number of amides is 1. The highest BCUT2D eigenvalue weighted by Gasteiger charge is 2.11. The van der Waals surface area contributed by atoms with Crippen LogP contribution in [0, 0.1) is 0 Å². The summed E-state index contributed by atoms with van der Waals surface area (Å²) >= 11 is 0. The smallest absolute Gasteiger partial charge is 0.255 e. The summed E-state index contributed by atoms with van der Waals surface area (Å²) in [6, 6.07) is 3.80. The van der Waals surface area contributed by atoms with Crippen LogP contribution >= 0.6 is 0 Å². The van der Waals surface area contributed by atoms with Gasteiger partial charge in [0.15, 0.2) is 0 Å². The number of carbonyl (C=O) groups excluding carboxylic acids is 1. The molecule has 0 atom stereocenters. The fraction of sp³-hybridized carbons (Fsp3) is 0.0909. The lowest BCUT2D eigenvalue weighted by atomic mass is 10.2. The van der Waals surface area contributed by atoms with Crippen molar-refractivity contribution in [2.45, 2.75) is 6.54 Å². The Morgan fingerprint density at radius 2 is 2.24 bits per heavy atom. The van der Waals surface area contributed by atoms with Gasteiger partial charge in [0, 0.05) is 18.5 Å². The highest BCUT2D eigenvalue weighted by Crippen LogP contribution is 2.22. The second-order valence-corrected chi connectivity index (χ2v) is 3.42. The number of benzene rings is 1. The summed E-state index contributed by atoms with van der Waals surface area (Å²) in [5, 5.41) is 21.2. The molecule has 1 aromatic carbocycles. The molecule has 1 aromatic heterocycles. The Hall–Kier alpha value is -2.50. The second kappa shape index (κ2) is 4.56. The molecule has 6 heteroatoms. The number of carbonyl (C=O) groups is 1. The zero-order chi connectivity index (χ0) is 12.3. The maximum absolute atomic E-state index is 11.7. The summed E-state index contributed by atoms with van der Waals surface area (Å²) in [6.45, 7) is 0.242. The zero-order valence-electron chi connectivity index (χ0n) is 8.84. The molecule has 17 heavy (non-hydrogen) atoms. The molecule has 6 nitrogen and oxygen atoms in total. The third kappa shape index (κ3) is 2.54. The molecule has 2 rings (SSSR count). The number of hydrogen-bond acceptors (Lipinski definition) is 4. The maximum Gasteiger partial charge on any atom is 0.255 e. The van der Waals surface area contributed by atoms with Gasteiger partial charge in [-0.25, -0.2) is 4.98 Å². The third-order valence-electron chi connectivity index (χ3n) is 2.20. The van der Waals surface area contributed by atoms with Gasteiger partial charge in [-0.2, -0.15) is 0 Å². The summed E-state index contributed by atoms with van der Waals surface area (Å²) in [7, 11) is 0. The van der Waals surface area contributed by atoms with E-state index in [4.69, 9.17) is 5.11 Å². The Kier molecular flexibility index (Phi) is 2.95. The van der Waals surface area contributed by atoms with Crippen molar-refractivity contribution in [1.82, 2.24) is 15.3 Å². The van der Waals surface area contributed by atoms with Gasteiger partial charge in [-0.05, 0) is 12.1 Å². The molecule has 0 aliphatic carbocycles. The van der Waals surface area contributed by atoms with Crippen LogP contribution in [0.3, 0.4) is 0 Å². The minimum absolute atomic E-state index is 0.0925. The van der Waals surface area contributed by atoms with E-state index in [-0.39, 0.29) is 23.6 Å². The van der Waals surface area contributed by atoms with Crippen molar-refractivity contribution in [3.8, 4) is 11.5 Å². The first-order valence-corrected chi connectivity index (χ1v) is 4.95. The van der Waals surface area contributed by atoms with Crippen LogP contribution in [0.2, 0.25) is 0 Å². The molecule has 1 heterocycles. The molecule has 0 radical (unpaired) electrons. The minimum atomic E-state index is -0.432. The van der Waals surface area contributed by atoms with Gasteiger partial charge in [0.05, 0.1) is 12.1 Å². The van der Waals surface area contributed by atoms with E-state index in [0.29, 0.717) is 5.82 Å². The van der Waals surface area contributed by atoms with E-state index in [0.717, 1.165) is 6.07 Å². The number of rotatable bonds is 3. The number of phenols is 2. The highest BCUT2D eigenvalue weighted by molar-refractivity contribution is 5.96. The van der Waals surface area contributed by atoms with E-state index in [9.17, 15) is 9.90 Å². The van der Waals surface area contributed by atoms with E-state index in [1.807, 2.05) is 0 Å². The van der Waals surface area contributed by atoms with E-state index in [2.05, 4.69) is 15.3 Å². The molecule has 0 saturated heterocycles. The molecule has 0 fully saturated rings. The number of aromatic nitrogens is 2. The molecular formula is C11H11N3O3. The Labute approximate surface area is 96.9 Å². The first kappa shape index (κ1) is 11.0. The molecule has 2 aromatic rings. The first-order chi connectivity index (χ1) is 8.16. The van der Waals surface area contributed by atoms with Crippen LogP contribution in [-0.2, 0) is 6.54 Å². The lowest BCUT2D eigenvalue weighted by Gasteiger charge is -2.05. The summed E-state index contributed by atoms with van der Waals surface area (Å²) < 4.78 is 0. The predicted molar refractivity (Wildman–Crippen MR) is 59.5 cm³/mol. The van der Waals surface area contributed by atoms with E-state index >= 15 is 0 Å². The van der Waals surface area contributed by atoms with Crippen LogP contribution in [0.4, 0.5) is 0 Å². The first-order valence-electron chi connectivity index (χ1n) is 4.95. The van der Waals surface area contributed by atoms with Gasteiger partial charge in [0.2, 0.25) is 0 Å². The number of H-pyrrole nitrogens is 1. The van der Waals surface area contributed by atoms with Crippen molar-refractivity contribution in [3.63, 3.8) is 0 Å². The number of phenolic OH excluding ortho intramolecular Hbond substituents is 2. The summed E-state index contributed by atoms with van der Waals surface area (Å²) in [5.41, 5.74) is 0.106. The monoisotopic (exact) mass is 233 g/mol. The molecule has 88 valence electrons. The zero-order valence-corrected chi connectivity index (χ0v) is 8.84. The van der Waals surface area contributed by atoms with Gasteiger partial charge in [-0.15, -0.1) is 0 Å². The molecule has 0 spiro atoms. The van der Waals surface area contributed by atoms with Crippen molar-refractivity contribution in [1.29, 1.82) is 0 Å². The topological polar surface area (TPSA) is 98.2 Å². The number of nitrogens with zero attached hydrogens (tertiary/aromatic N) is 1. The Morgan fingerprint density at radius 1 is 1.41 bits per heavy atom. The molecule has 1 amide bonds. The van der Waals surface area contributed by atoms with E-state index in [1.165, 1.54) is 12.1 Å². The molecular weight excluding hydrogens is 222 g/mol. The highest BCUT2D eigenvalue weighted by atomic mass is 16.3.